The van der Waals surface area contributed by atoms with Crippen molar-refractivity contribution >= 4 is 27.3 Å². The van der Waals surface area contributed by atoms with Crippen molar-refractivity contribution in [2.75, 3.05) is 52.5 Å². The van der Waals surface area contributed by atoms with Gasteiger partial charge in [-0.3, -0.25) is 9.69 Å². The van der Waals surface area contributed by atoms with E-state index in [1.54, 1.807) is 29.5 Å². The van der Waals surface area contributed by atoms with Crippen LogP contribution in [0.2, 0.25) is 0 Å². The van der Waals surface area contributed by atoms with Crippen molar-refractivity contribution in [2.45, 2.75) is 38.1 Å². The average molecular weight is 493 g/mol. The first kappa shape index (κ1) is 24.3. The molecule has 2 aliphatic heterocycles. The SMILES string of the molecule is CCc1nc(CN2CCN(C(=O)c3ccc(CC)c(S(=O)(=O)N4CCOCC4)c3)CC2)cs1. The number of morpholine rings is 1. The van der Waals surface area contributed by atoms with Crippen LogP contribution in [0.25, 0.3) is 0 Å². The summed E-state index contributed by atoms with van der Waals surface area (Å²) < 4.78 is 33.3. The summed E-state index contributed by atoms with van der Waals surface area (Å²) in [6, 6.07) is 5.11. The standard InChI is InChI=1S/C23H32N4O4S2/c1-3-18-5-6-19(15-21(18)33(29,30)27-11-13-31-14-12-27)23(28)26-9-7-25(8-10-26)16-20-17-32-22(4-2)24-20/h5-6,15,17H,3-4,7-14,16H2,1-2H3. The molecular weight excluding hydrogens is 460 g/mol. The van der Waals surface area contributed by atoms with Crippen molar-refractivity contribution in [1.29, 1.82) is 0 Å². The van der Waals surface area contributed by atoms with E-state index >= 15 is 0 Å². The van der Waals surface area contributed by atoms with Crippen LogP contribution < -0.4 is 0 Å². The Bertz CT molecular complexity index is 1070. The molecule has 3 heterocycles. The Balaban J connectivity index is 1.44. The van der Waals surface area contributed by atoms with Gasteiger partial charge in [0.1, 0.15) is 0 Å². The number of benzene rings is 1. The van der Waals surface area contributed by atoms with Crippen molar-refractivity contribution in [3.05, 3.63) is 45.4 Å². The van der Waals surface area contributed by atoms with Crippen molar-refractivity contribution in [3.8, 4) is 0 Å². The number of nitrogens with zero attached hydrogens (tertiary/aromatic N) is 4. The van der Waals surface area contributed by atoms with Crippen LogP contribution in [0.15, 0.2) is 28.5 Å². The number of piperazine rings is 1. The predicted octanol–water partition coefficient (Wildman–Crippen LogP) is 2.25. The number of hydrogen-bond donors (Lipinski definition) is 0. The molecule has 0 saturated carbocycles. The number of carbonyl (C=O) groups excluding carboxylic acids is 1. The Morgan fingerprint density at radius 3 is 2.42 bits per heavy atom. The molecule has 1 aromatic heterocycles. The Hall–Kier alpha value is -1.85. The van der Waals surface area contributed by atoms with E-state index in [4.69, 9.17) is 4.74 Å². The Kier molecular flexibility index (Phi) is 7.80. The zero-order chi connectivity index (χ0) is 23.4. The monoisotopic (exact) mass is 492 g/mol. The van der Waals surface area contributed by atoms with Gasteiger partial charge in [-0.1, -0.05) is 19.9 Å². The van der Waals surface area contributed by atoms with Crippen LogP contribution in [0.4, 0.5) is 0 Å². The molecular formula is C23H32N4O4S2. The maximum Gasteiger partial charge on any atom is 0.253 e. The summed E-state index contributed by atoms with van der Waals surface area (Å²) in [4.78, 5) is 22.2. The highest BCUT2D eigenvalue weighted by molar-refractivity contribution is 7.89. The number of rotatable bonds is 7. The summed E-state index contributed by atoms with van der Waals surface area (Å²) in [5.41, 5.74) is 2.25. The first-order valence-electron chi connectivity index (χ1n) is 11.6. The molecule has 0 atom stereocenters. The third-order valence-electron chi connectivity index (χ3n) is 6.23. The Morgan fingerprint density at radius 1 is 1.06 bits per heavy atom. The molecule has 10 heteroatoms. The van der Waals surface area contributed by atoms with Crippen molar-refractivity contribution in [3.63, 3.8) is 0 Å². The number of carbonyl (C=O) groups is 1. The third kappa shape index (κ3) is 5.46. The number of sulfonamides is 1. The van der Waals surface area contributed by atoms with E-state index in [0.29, 0.717) is 51.4 Å². The molecule has 2 aromatic rings. The van der Waals surface area contributed by atoms with Crippen LogP contribution >= 0.6 is 11.3 Å². The van der Waals surface area contributed by atoms with Crippen molar-refractivity contribution in [1.82, 2.24) is 19.1 Å². The molecule has 2 saturated heterocycles. The van der Waals surface area contributed by atoms with Gasteiger partial charge in [0.25, 0.3) is 5.91 Å². The second-order valence-electron chi connectivity index (χ2n) is 8.35. The molecule has 8 nitrogen and oxygen atoms in total. The summed E-state index contributed by atoms with van der Waals surface area (Å²) in [5.74, 6) is -0.113. The van der Waals surface area contributed by atoms with E-state index in [1.807, 2.05) is 11.8 Å². The molecule has 0 bridgehead atoms. The summed E-state index contributed by atoms with van der Waals surface area (Å²) in [6.07, 6.45) is 1.54. The summed E-state index contributed by atoms with van der Waals surface area (Å²) >= 11 is 1.70. The fraction of sp³-hybridized carbons (Fsp3) is 0.565. The first-order valence-corrected chi connectivity index (χ1v) is 13.9. The Labute approximate surface area is 200 Å². The minimum atomic E-state index is -3.67. The Morgan fingerprint density at radius 2 is 1.79 bits per heavy atom. The average Bonchev–Trinajstić information content (AvgIpc) is 3.31. The number of aryl methyl sites for hydroxylation is 2. The first-order chi connectivity index (χ1) is 15.9. The number of thiazole rings is 1. The maximum absolute atomic E-state index is 13.3. The van der Waals surface area contributed by atoms with Gasteiger partial charge in [-0.15, -0.1) is 11.3 Å². The summed E-state index contributed by atoms with van der Waals surface area (Å²) in [6.45, 7) is 9.08. The highest BCUT2D eigenvalue weighted by atomic mass is 32.2. The zero-order valence-electron chi connectivity index (χ0n) is 19.3. The molecule has 33 heavy (non-hydrogen) atoms. The fourth-order valence-electron chi connectivity index (χ4n) is 4.25. The van der Waals surface area contributed by atoms with Crippen LogP contribution in [0.5, 0.6) is 0 Å². The van der Waals surface area contributed by atoms with Crippen LogP contribution in [-0.2, 0) is 34.1 Å². The van der Waals surface area contributed by atoms with E-state index in [2.05, 4.69) is 22.2 Å². The number of hydrogen-bond acceptors (Lipinski definition) is 7. The second-order valence-corrected chi connectivity index (χ2v) is 11.2. The van der Waals surface area contributed by atoms with Gasteiger partial charge in [-0.2, -0.15) is 4.31 Å². The van der Waals surface area contributed by atoms with Gasteiger partial charge < -0.3 is 9.64 Å². The third-order valence-corrected chi connectivity index (χ3v) is 9.25. The lowest BCUT2D eigenvalue weighted by molar-refractivity contribution is 0.0626. The van der Waals surface area contributed by atoms with Gasteiger partial charge in [-0.25, -0.2) is 13.4 Å². The topological polar surface area (TPSA) is 83.1 Å². The van der Waals surface area contributed by atoms with Crippen LogP contribution in [0, 0.1) is 0 Å². The molecule has 0 N–H and O–H groups in total. The van der Waals surface area contributed by atoms with E-state index in [0.717, 1.165) is 42.3 Å². The van der Waals surface area contributed by atoms with Crippen molar-refractivity contribution < 1.29 is 17.9 Å². The number of amides is 1. The van der Waals surface area contributed by atoms with E-state index in [9.17, 15) is 13.2 Å². The summed E-state index contributed by atoms with van der Waals surface area (Å²) in [7, 11) is -3.67. The minimum absolute atomic E-state index is 0.113. The van der Waals surface area contributed by atoms with Gasteiger partial charge in [-0.05, 0) is 30.5 Å². The molecule has 0 spiro atoms. The van der Waals surface area contributed by atoms with E-state index in [1.165, 1.54) is 4.31 Å². The highest BCUT2D eigenvalue weighted by Gasteiger charge is 2.30. The molecule has 4 rings (SSSR count). The fourth-order valence-corrected chi connectivity index (χ4v) is 6.71. The number of aromatic nitrogens is 1. The highest BCUT2D eigenvalue weighted by Crippen LogP contribution is 2.24. The van der Waals surface area contributed by atoms with E-state index < -0.39 is 10.0 Å². The molecule has 1 aromatic carbocycles. The zero-order valence-corrected chi connectivity index (χ0v) is 21.0. The lowest BCUT2D eigenvalue weighted by atomic mass is 10.1. The summed E-state index contributed by atoms with van der Waals surface area (Å²) in [5, 5.41) is 3.26. The largest absolute Gasteiger partial charge is 0.379 e. The van der Waals surface area contributed by atoms with Gasteiger partial charge >= 0.3 is 0 Å². The van der Waals surface area contributed by atoms with Gasteiger partial charge in [0, 0.05) is 56.8 Å². The lowest BCUT2D eigenvalue weighted by Crippen LogP contribution is -2.48. The molecule has 0 unspecified atom stereocenters. The van der Waals surface area contributed by atoms with Gasteiger partial charge in [0.05, 0.1) is 28.8 Å². The van der Waals surface area contributed by atoms with Crippen LogP contribution in [-0.4, -0.2) is 85.9 Å². The molecule has 2 fully saturated rings. The number of ether oxygens (including phenoxy) is 1. The van der Waals surface area contributed by atoms with Gasteiger partial charge in [0.15, 0.2) is 0 Å². The normalized spacial score (nSPS) is 18.5. The molecule has 2 aliphatic rings. The molecule has 180 valence electrons. The van der Waals surface area contributed by atoms with Crippen LogP contribution in [0.1, 0.15) is 40.5 Å². The van der Waals surface area contributed by atoms with Crippen LogP contribution in [0.3, 0.4) is 0 Å². The molecule has 0 radical (unpaired) electrons. The maximum atomic E-state index is 13.3. The predicted molar refractivity (Wildman–Crippen MR) is 128 cm³/mol. The smallest absolute Gasteiger partial charge is 0.253 e. The molecule has 1 amide bonds. The minimum Gasteiger partial charge on any atom is -0.379 e. The van der Waals surface area contributed by atoms with E-state index in [-0.39, 0.29) is 10.8 Å². The second kappa shape index (κ2) is 10.6. The molecule has 0 aliphatic carbocycles. The van der Waals surface area contributed by atoms with Crippen molar-refractivity contribution in [2.24, 2.45) is 0 Å². The quantitative estimate of drug-likeness (QED) is 0.590. The van der Waals surface area contributed by atoms with Gasteiger partial charge in [0.2, 0.25) is 10.0 Å². The lowest BCUT2D eigenvalue weighted by Gasteiger charge is -2.34.